The first-order valence-electron chi connectivity index (χ1n) is 9.36. The zero-order valence-electron chi connectivity index (χ0n) is 15.9. The summed E-state index contributed by atoms with van der Waals surface area (Å²) in [4.78, 5) is 0. The van der Waals surface area contributed by atoms with Crippen molar-refractivity contribution in [3.05, 3.63) is 64.2 Å². The molecule has 1 heterocycles. The van der Waals surface area contributed by atoms with E-state index in [1.807, 2.05) is 31.2 Å². The number of ether oxygens (including phenoxy) is 2. The van der Waals surface area contributed by atoms with Crippen LogP contribution in [0.5, 0.6) is 5.75 Å². The van der Waals surface area contributed by atoms with Crippen LogP contribution >= 0.6 is 11.6 Å². The minimum atomic E-state index is -2.32. The third kappa shape index (κ3) is 4.41. The molecule has 0 aromatic heterocycles. The monoisotopic (exact) mass is 424 g/mol. The molecule has 1 saturated heterocycles. The van der Waals surface area contributed by atoms with Gasteiger partial charge in [0, 0.05) is 10.6 Å². The smallest absolute Gasteiger partial charge is 0.222 e. The molecule has 1 fully saturated rings. The molecule has 0 spiro atoms. The van der Waals surface area contributed by atoms with Crippen LogP contribution in [-0.2, 0) is 16.9 Å². The van der Waals surface area contributed by atoms with Gasteiger partial charge in [0.1, 0.15) is 30.2 Å². The molecule has 3 rings (SSSR count). The lowest BCUT2D eigenvalue weighted by Gasteiger charge is -2.45. The molecular formula is C21H25ClO7. The Bertz CT molecular complexity index is 826. The highest BCUT2D eigenvalue weighted by atomic mass is 35.5. The summed E-state index contributed by atoms with van der Waals surface area (Å²) < 4.78 is 10.8. The Hall–Kier alpha value is -1.71. The lowest BCUT2D eigenvalue weighted by Crippen LogP contribution is -2.63. The predicted octanol–water partition coefficient (Wildman–Crippen LogP) is 0.948. The van der Waals surface area contributed by atoms with Crippen LogP contribution in [0.4, 0.5) is 0 Å². The van der Waals surface area contributed by atoms with Gasteiger partial charge in [-0.05, 0) is 48.7 Å². The minimum absolute atomic E-state index is 0.153. The van der Waals surface area contributed by atoms with E-state index in [4.69, 9.17) is 21.1 Å². The van der Waals surface area contributed by atoms with Gasteiger partial charge in [-0.1, -0.05) is 29.8 Å². The molecule has 2 aromatic carbocycles. The summed E-state index contributed by atoms with van der Waals surface area (Å²) in [6.45, 7) is 1.84. The first kappa shape index (κ1) is 22.0. The van der Waals surface area contributed by atoms with Crippen LogP contribution in [-0.4, -0.2) is 63.2 Å². The summed E-state index contributed by atoms with van der Waals surface area (Å²) in [5.41, 5.74) is 1.77. The SMILES string of the molecule is CCOc1ccc(Cc2cc(C3(O)OC(CO)C(O)C(O)C3O)ccc2Cl)cc1. The third-order valence-electron chi connectivity index (χ3n) is 5.05. The van der Waals surface area contributed by atoms with Crippen molar-refractivity contribution in [3.63, 3.8) is 0 Å². The maximum absolute atomic E-state index is 11.0. The Kier molecular flexibility index (Phi) is 6.80. The Morgan fingerprint density at radius 3 is 2.38 bits per heavy atom. The molecule has 1 aliphatic rings. The van der Waals surface area contributed by atoms with Crippen molar-refractivity contribution in [1.82, 2.24) is 0 Å². The Labute approximate surface area is 173 Å². The van der Waals surface area contributed by atoms with Gasteiger partial charge in [0.05, 0.1) is 13.2 Å². The van der Waals surface area contributed by atoms with Crippen molar-refractivity contribution in [1.29, 1.82) is 0 Å². The molecule has 1 aliphatic heterocycles. The highest BCUT2D eigenvalue weighted by Gasteiger charge is 2.53. The number of aliphatic hydroxyl groups is 5. The van der Waals surface area contributed by atoms with Crippen molar-refractivity contribution in [2.75, 3.05) is 13.2 Å². The lowest BCUT2D eigenvalue weighted by atomic mass is 9.87. The molecule has 0 aliphatic carbocycles. The summed E-state index contributed by atoms with van der Waals surface area (Å²) in [6.07, 6.45) is -5.87. The normalized spacial score (nSPS) is 29.6. The number of aliphatic hydroxyl groups excluding tert-OH is 4. The summed E-state index contributed by atoms with van der Waals surface area (Å²) in [7, 11) is 0. The molecule has 0 bridgehead atoms. The summed E-state index contributed by atoms with van der Waals surface area (Å²) in [5, 5.41) is 51.1. The number of benzene rings is 2. The molecule has 29 heavy (non-hydrogen) atoms. The van der Waals surface area contributed by atoms with Crippen LogP contribution in [0.2, 0.25) is 5.02 Å². The zero-order valence-corrected chi connectivity index (χ0v) is 16.7. The molecule has 2 aromatic rings. The van der Waals surface area contributed by atoms with Crippen LogP contribution in [0.3, 0.4) is 0 Å². The van der Waals surface area contributed by atoms with Crippen LogP contribution in [0.15, 0.2) is 42.5 Å². The molecule has 0 amide bonds. The van der Waals surface area contributed by atoms with E-state index in [0.29, 0.717) is 23.6 Å². The van der Waals surface area contributed by atoms with Crippen LogP contribution in [0, 0.1) is 0 Å². The number of hydrogen-bond acceptors (Lipinski definition) is 7. The number of rotatable bonds is 6. The molecular weight excluding hydrogens is 400 g/mol. The topological polar surface area (TPSA) is 120 Å². The van der Waals surface area contributed by atoms with E-state index in [-0.39, 0.29) is 5.56 Å². The standard InChI is InChI=1S/C21H25ClO7/c1-2-28-15-6-3-12(4-7-15)9-13-10-14(5-8-16(13)22)21(27)20(26)19(25)18(24)17(11-23)29-21/h3-8,10,17-20,23-27H,2,9,11H2,1H3. The van der Waals surface area contributed by atoms with Crippen LogP contribution in [0.1, 0.15) is 23.6 Å². The molecule has 5 N–H and O–H groups in total. The van der Waals surface area contributed by atoms with E-state index in [1.54, 1.807) is 12.1 Å². The molecule has 8 heteroatoms. The lowest BCUT2D eigenvalue weighted by molar-refractivity contribution is -0.357. The third-order valence-corrected chi connectivity index (χ3v) is 5.42. The van der Waals surface area contributed by atoms with Gasteiger partial charge >= 0.3 is 0 Å². The quantitative estimate of drug-likeness (QED) is 0.468. The summed E-state index contributed by atoms with van der Waals surface area (Å²) >= 11 is 6.32. The first-order valence-corrected chi connectivity index (χ1v) is 9.73. The fraction of sp³-hybridized carbons (Fsp3) is 0.429. The zero-order chi connectivity index (χ0) is 21.2. The Morgan fingerprint density at radius 2 is 1.76 bits per heavy atom. The molecule has 5 unspecified atom stereocenters. The molecule has 5 atom stereocenters. The van der Waals surface area contributed by atoms with Gasteiger partial charge < -0.3 is 35.0 Å². The summed E-state index contributed by atoms with van der Waals surface area (Å²) in [5.74, 6) is -1.56. The highest BCUT2D eigenvalue weighted by molar-refractivity contribution is 6.31. The maximum Gasteiger partial charge on any atom is 0.222 e. The maximum atomic E-state index is 11.0. The number of hydrogen-bond donors (Lipinski definition) is 5. The van der Waals surface area contributed by atoms with E-state index in [1.165, 1.54) is 6.07 Å². The van der Waals surface area contributed by atoms with Crippen LogP contribution in [0.25, 0.3) is 0 Å². The largest absolute Gasteiger partial charge is 0.494 e. The van der Waals surface area contributed by atoms with Crippen LogP contribution < -0.4 is 4.74 Å². The van der Waals surface area contributed by atoms with Gasteiger partial charge in [0.2, 0.25) is 5.79 Å². The summed E-state index contributed by atoms with van der Waals surface area (Å²) in [6, 6.07) is 12.1. The second kappa shape index (κ2) is 8.97. The molecule has 0 saturated carbocycles. The fourth-order valence-electron chi connectivity index (χ4n) is 3.42. The van der Waals surface area contributed by atoms with Gasteiger partial charge in [-0.15, -0.1) is 0 Å². The average Bonchev–Trinajstić information content (AvgIpc) is 2.72. The predicted molar refractivity (Wildman–Crippen MR) is 106 cm³/mol. The van der Waals surface area contributed by atoms with E-state index in [9.17, 15) is 25.5 Å². The van der Waals surface area contributed by atoms with Gasteiger partial charge in [0.25, 0.3) is 0 Å². The molecule has 158 valence electrons. The molecule has 0 radical (unpaired) electrons. The highest BCUT2D eigenvalue weighted by Crippen LogP contribution is 2.37. The van der Waals surface area contributed by atoms with E-state index in [2.05, 4.69) is 0 Å². The van der Waals surface area contributed by atoms with Gasteiger partial charge in [-0.2, -0.15) is 0 Å². The van der Waals surface area contributed by atoms with Crippen molar-refractivity contribution >= 4 is 11.6 Å². The second-order valence-electron chi connectivity index (χ2n) is 7.02. The second-order valence-corrected chi connectivity index (χ2v) is 7.43. The van der Waals surface area contributed by atoms with Crippen molar-refractivity contribution in [3.8, 4) is 5.75 Å². The van der Waals surface area contributed by atoms with E-state index in [0.717, 1.165) is 11.3 Å². The first-order chi connectivity index (χ1) is 13.8. The van der Waals surface area contributed by atoms with Gasteiger partial charge in [-0.25, -0.2) is 0 Å². The van der Waals surface area contributed by atoms with Crippen molar-refractivity contribution < 1.29 is 35.0 Å². The van der Waals surface area contributed by atoms with Crippen molar-refractivity contribution in [2.24, 2.45) is 0 Å². The van der Waals surface area contributed by atoms with E-state index < -0.39 is 36.8 Å². The van der Waals surface area contributed by atoms with Crippen molar-refractivity contribution in [2.45, 2.75) is 43.5 Å². The van der Waals surface area contributed by atoms with Gasteiger partial charge in [0.15, 0.2) is 0 Å². The average molecular weight is 425 g/mol. The fourth-order valence-corrected chi connectivity index (χ4v) is 3.60. The Balaban J connectivity index is 1.89. The van der Waals surface area contributed by atoms with E-state index >= 15 is 0 Å². The Morgan fingerprint density at radius 1 is 1.07 bits per heavy atom. The van der Waals surface area contributed by atoms with Gasteiger partial charge in [-0.3, -0.25) is 0 Å². The number of halogens is 1. The minimum Gasteiger partial charge on any atom is -0.494 e. The molecule has 7 nitrogen and oxygen atoms in total.